The van der Waals surface area contributed by atoms with Gasteiger partial charge in [0.15, 0.2) is 0 Å². The Bertz CT molecular complexity index is 272. The van der Waals surface area contributed by atoms with Crippen molar-refractivity contribution in [1.82, 2.24) is 0 Å². The molecule has 0 spiro atoms. The van der Waals surface area contributed by atoms with Gasteiger partial charge in [-0.3, -0.25) is 0 Å². The fourth-order valence-corrected chi connectivity index (χ4v) is 1.09. The highest BCUT2D eigenvalue weighted by atomic mass is 13.9. The quantitative estimate of drug-likeness (QED) is 0.533. The molecule has 0 aliphatic heterocycles. The summed E-state index contributed by atoms with van der Waals surface area (Å²) in [6.07, 6.45) is 21.2. The maximum atomic E-state index is 2.17. The fraction of sp³-hybridized carbons (Fsp3) is 0.333. The Morgan fingerprint density at radius 2 is 1.67 bits per heavy atom. The molecule has 0 saturated carbocycles. The van der Waals surface area contributed by atoms with Gasteiger partial charge in [-0.2, -0.15) is 0 Å². The predicted molar refractivity (Wildman–Crippen MR) is 70.9 cm³/mol. The molecule has 0 atom stereocenters. The Balaban J connectivity index is 3.89. The lowest BCUT2D eigenvalue weighted by Crippen LogP contribution is -1.68. The molecule has 0 aromatic heterocycles. The van der Waals surface area contributed by atoms with Gasteiger partial charge < -0.3 is 0 Å². The van der Waals surface area contributed by atoms with E-state index in [1.165, 1.54) is 5.57 Å². The second-order valence-corrected chi connectivity index (χ2v) is 3.19. The first-order valence-electron chi connectivity index (χ1n) is 5.62. The van der Waals surface area contributed by atoms with E-state index in [-0.39, 0.29) is 0 Å². The molecule has 82 valence electrons. The molecule has 0 unspecified atom stereocenters. The van der Waals surface area contributed by atoms with Crippen molar-refractivity contribution >= 4 is 0 Å². The molecule has 0 heterocycles. The highest BCUT2D eigenvalue weighted by Gasteiger charge is 1.79. The van der Waals surface area contributed by atoms with Crippen LogP contribution in [0.3, 0.4) is 0 Å². The Morgan fingerprint density at radius 1 is 0.933 bits per heavy atom. The zero-order chi connectivity index (χ0) is 11.4. The molecule has 0 radical (unpaired) electrons. The highest BCUT2D eigenvalue weighted by molar-refractivity contribution is 5.29. The van der Waals surface area contributed by atoms with Crippen molar-refractivity contribution in [3.8, 4) is 0 Å². The molecular weight excluding hydrogens is 180 g/mol. The summed E-state index contributed by atoms with van der Waals surface area (Å²) in [6, 6.07) is 0. The average molecular weight is 202 g/mol. The first kappa shape index (κ1) is 13.7. The molecule has 0 aliphatic carbocycles. The second-order valence-electron chi connectivity index (χ2n) is 3.19. The summed E-state index contributed by atoms with van der Waals surface area (Å²) in [6.45, 7) is 6.23. The Labute approximate surface area is 94.4 Å². The van der Waals surface area contributed by atoms with Crippen molar-refractivity contribution in [3.05, 3.63) is 60.3 Å². The van der Waals surface area contributed by atoms with Gasteiger partial charge >= 0.3 is 0 Å². The van der Waals surface area contributed by atoms with Crippen LogP contribution in [0.5, 0.6) is 0 Å². The smallest absolute Gasteiger partial charge is 0.0163 e. The standard InChI is InChI=1S/C15H22/c1-4-7-8-9-10-11-12-14-15(6-3)13-5-2/h5-10,12-14H,4,11H2,1-3H3/b8-7-,10-9-,13-5-,14-12+,15-6+. The first-order valence-corrected chi connectivity index (χ1v) is 5.62. The van der Waals surface area contributed by atoms with Gasteiger partial charge in [-0.25, -0.2) is 0 Å². The molecule has 0 aromatic carbocycles. The Hall–Kier alpha value is -1.30. The molecule has 0 nitrogen and oxygen atoms in total. The Kier molecular flexibility index (Phi) is 9.84. The molecular formula is C15H22. The SMILES string of the molecule is C\C=C/C(/C=C/C/C=C\C=C/CC)=C\C. The third-order valence-corrected chi connectivity index (χ3v) is 1.89. The molecule has 0 bridgehead atoms. The lowest BCUT2D eigenvalue weighted by atomic mass is 10.2. The van der Waals surface area contributed by atoms with Crippen LogP contribution in [0.15, 0.2) is 60.3 Å². The van der Waals surface area contributed by atoms with Crippen molar-refractivity contribution in [1.29, 1.82) is 0 Å². The van der Waals surface area contributed by atoms with E-state index in [0.29, 0.717) is 0 Å². The number of allylic oxidation sites excluding steroid dienone is 10. The van der Waals surface area contributed by atoms with Crippen LogP contribution in [0.1, 0.15) is 33.6 Å². The Morgan fingerprint density at radius 3 is 2.27 bits per heavy atom. The van der Waals surface area contributed by atoms with Gasteiger partial charge in [-0.1, -0.05) is 61.6 Å². The topological polar surface area (TPSA) is 0 Å². The van der Waals surface area contributed by atoms with Crippen LogP contribution < -0.4 is 0 Å². The molecule has 0 N–H and O–H groups in total. The minimum Gasteiger partial charge on any atom is -0.0871 e. The minimum absolute atomic E-state index is 0.989. The van der Waals surface area contributed by atoms with Crippen LogP contribution in [0, 0.1) is 0 Å². The zero-order valence-electron chi connectivity index (χ0n) is 10.1. The lowest BCUT2D eigenvalue weighted by molar-refractivity contribution is 1.22. The van der Waals surface area contributed by atoms with E-state index in [1.54, 1.807) is 0 Å². The average Bonchev–Trinajstić information content (AvgIpc) is 2.26. The summed E-state index contributed by atoms with van der Waals surface area (Å²) in [5, 5.41) is 0. The summed E-state index contributed by atoms with van der Waals surface area (Å²) < 4.78 is 0. The molecule has 0 saturated heterocycles. The molecule has 0 aliphatic rings. The van der Waals surface area contributed by atoms with Gasteiger partial charge in [0.2, 0.25) is 0 Å². The van der Waals surface area contributed by atoms with E-state index >= 15 is 0 Å². The number of rotatable bonds is 6. The molecule has 0 heteroatoms. The maximum absolute atomic E-state index is 2.17. The third-order valence-electron chi connectivity index (χ3n) is 1.89. The van der Waals surface area contributed by atoms with Gasteiger partial charge in [-0.15, -0.1) is 0 Å². The summed E-state index contributed by atoms with van der Waals surface area (Å²) in [4.78, 5) is 0. The van der Waals surface area contributed by atoms with Crippen LogP contribution in [0.25, 0.3) is 0 Å². The van der Waals surface area contributed by atoms with Crippen LogP contribution in [-0.4, -0.2) is 0 Å². The van der Waals surface area contributed by atoms with Crippen molar-refractivity contribution in [2.45, 2.75) is 33.6 Å². The van der Waals surface area contributed by atoms with E-state index < -0.39 is 0 Å². The number of hydrogen-bond donors (Lipinski definition) is 0. The van der Waals surface area contributed by atoms with Gasteiger partial charge in [0, 0.05) is 0 Å². The predicted octanol–water partition coefficient (Wildman–Crippen LogP) is 4.98. The van der Waals surface area contributed by atoms with Gasteiger partial charge in [0.25, 0.3) is 0 Å². The van der Waals surface area contributed by atoms with Crippen molar-refractivity contribution in [3.63, 3.8) is 0 Å². The van der Waals surface area contributed by atoms with Crippen molar-refractivity contribution in [2.24, 2.45) is 0 Å². The van der Waals surface area contributed by atoms with Crippen molar-refractivity contribution in [2.75, 3.05) is 0 Å². The van der Waals surface area contributed by atoms with Gasteiger partial charge in [0.05, 0.1) is 0 Å². The summed E-state index contributed by atoms with van der Waals surface area (Å²) in [5.41, 5.74) is 1.26. The van der Waals surface area contributed by atoms with E-state index in [0.717, 1.165) is 12.8 Å². The molecule has 0 rings (SSSR count). The molecule has 0 aromatic rings. The van der Waals surface area contributed by atoms with E-state index in [2.05, 4.69) is 68.5 Å². The summed E-state index contributed by atoms with van der Waals surface area (Å²) >= 11 is 0. The molecule has 0 fully saturated rings. The largest absolute Gasteiger partial charge is 0.0871 e. The third kappa shape index (κ3) is 9.01. The van der Waals surface area contributed by atoms with Crippen LogP contribution in [-0.2, 0) is 0 Å². The monoisotopic (exact) mass is 202 g/mol. The number of hydrogen-bond acceptors (Lipinski definition) is 0. The van der Waals surface area contributed by atoms with E-state index in [1.807, 2.05) is 6.92 Å². The van der Waals surface area contributed by atoms with E-state index in [9.17, 15) is 0 Å². The summed E-state index contributed by atoms with van der Waals surface area (Å²) in [5.74, 6) is 0. The van der Waals surface area contributed by atoms with Crippen molar-refractivity contribution < 1.29 is 0 Å². The molecule has 15 heavy (non-hydrogen) atoms. The zero-order valence-corrected chi connectivity index (χ0v) is 10.1. The fourth-order valence-electron chi connectivity index (χ4n) is 1.09. The normalized spacial score (nSPS) is 14.2. The first-order chi connectivity index (χ1) is 7.35. The highest BCUT2D eigenvalue weighted by Crippen LogP contribution is 2.00. The molecule has 0 amide bonds. The second kappa shape index (κ2) is 10.8. The van der Waals surface area contributed by atoms with Crippen LogP contribution >= 0.6 is 0 Å². The van der Waals surface area contributed by atoms with Crippen LogP contribution in [0.4, 0.5) is 0 Å². The van der Waals surface area contributed by atoms with E-state index in [4.69, 9.17) is 0 Å². The van der Waals surface area contributed by atoms with Gasteiger partial charge in [0.1, 0.15) is 0 Å². The summed E-state index contributed by atoms with van der Waals surface area (Å²) in [7, 11) is 0. The van der Waals surface area contributed by atoms with Crippen LogP contribution in [0.2, 0.25) is 0 Å². The van der Waals surface area contributed by atoms with Gasteiger partial charge in [-0.05, 0) is 32.3 Å². The minimum atomic E-state index is 0.989. The lowest BCUT2D eigenvalue weighted by Gasteiger charge is -1.89. The maximum Gasteiger partial charge on any atom is -0.0163 e.